The van der Waals surface area contributed by atoms with E-state index in [-0.39, 0.29) is 24.1 Å². The van der Waals surface area contributed by atoms with Gasteiger partial charge < -0.3 is 14.8 Å². The van der Waals surface area contributed by atoms with Gasteiger partial charge in [-0.2, -0.15) is 0 Å². The molecule has 144 valence electrons. The first-order chi connectivity index (χ1) is 13.2. The minimum absolute atomic E-state index is 0.118. The van der Waals surface area contributed by atoms with Crippen LogP contribution in [0.15, 0.2) is 48.5 Å². The molecule has 1 saturated heterocycles. The van der Waals surface area contributed by atoms with Gasteiger partial charge >= 0.3 is 0 Å². The van der Waals surface area contributed by atoms with Crippen LogP contribution in [0.1, 0.15) is 17.2 Å². The number of ether oxygens (including phenoxy) is 2. The predicted octanol–water partition coefficient (Wildman–Crippen LogP) is 2.57. The Morgan fingerprint density at radius 3 is 2.63 bits per heavy atom. The second kappa shape index (κ2) is 9.48. The minimum Gasteiger partial charge on any atom is -0.494 e. The Morgan fingerprint density at radius 1 is 1.22 bits per heavy atom. The monoisotopic (exact) mass is 372 g/mol. The number of amides is 1. The number of nitrogens with zero attached hydrogens (tertiary/aromatic N) is 1. The van der Waals surface area contributed by atoms with Crippen molar-refractivity contribution in [1.29, 1.82) is 0 Å². The zero-order valence-electron chi connectivity index (χ0n) is 15.5. The van der Waals surface area contributed by atoms with E-state index in [1.165, 1.54) is 13.2 Å². The summed E-state index contributed by atoms with van der Waals surface area (Å²) >= 11 is 0. The number of carbonyl (C=O) groups is 1. The molecule has 0 spiro atoms. The van der Waals surface area contributed by atoms with Gasteiger partial charge in [0.15, 0.2) is 11.6 Å². The van der Waals surface area contributed by atoms with Crippen LogP contribution in [0, 0.1) is 5.82 Å². The Hall–Kier alpha value is -2.44. The molecular weight excluding hydrogens is 347 g/mol. The maximum atomic E-state index is 13.9. The summed E-state index contributed by atoms with van der Waals surface area (Å²) in [6, 6.07) is 14.4. The second-order valence-electron chi connectivity index (χ2n) is 6.59. The van der Waals surface area contributed by atoms with E-state index in [9.17, 15) is 9.18 Å². The number of benzene rings is 2. The minimum atomic E-state index is -0.462. The summed E-state index contributed by atoms with van der Waals surface area (Å²) in [6.07, 6.45) is 0.118. The van der Waals surface area contributed by atoms with E-state index in [0.717, 1.165) is 25.2 Å². The first kappa shape index (κ1) is 19.3. The van der Waals surface area contributed by atoms with Crippen LogP contribution < -0.4 is 10.1 Å². The highest BCUT2D eigenvalue weighted by Crippen LogP contribution is 2.19. The molecule has 1 N–H and O–H groups in total. The van der Waals surface area contributed by atoms with Gasteiger partial charge in [-0.15, -0.1) is 0 Å². The van der Waals surface area contributed by atoms with Gasteiger partial charge in [0.25, 0.3) is 0 Å². The summed E-state index contributed by atoms with van der Waals surface area (Å²) in [7, 11) is 1.42. The Labute approximate surface area is 159 Å². The van der Waals surface area contributed by atoms with Crippen molar-refractivity contribution in [2.75, 3.05) is 40.0 Å². The Morgan fingerprint density at radius 2 is 1.96 bits per heavy atom. The smallest absolute Gasteiger partial charge is 0.224 e. The lowest BCUT2D eigenvalue weighted by molar-refractivity contribution is -0.121. The summed E-state index contributed by atoms with van der Waals surface area (Å²) in [5.74, 6) is -0.425. The molecule has 0 unspecified atom stereocenters. The van der Waals surface area contributed by atoms with Crippen molar-refractivity contribution in [1.82, 2.24) is 10.2 Å². The van der Waals surface area contributed by atoms with Gasteiger partial charge in [0.05, 0.1) is 32.8 Å². The molecule has 2 aromatic rings. The number of hydrogen-bond acceptors (Lipinski definition) is 4. The molecule has 1 atom stereocenters. The second-order valence-corrected chi connectivity index (χ2v) is 6.59. The van der Waals surface area contributed by atoms with Crippen LogP contribution in [0.25, 0.3) is 0 Å². The lowest BCUT2D eigenvalue weighted by atomic mass is 10.0. The number of carbonyl (C=O) groups excluding carboxylic acids is 1. The molecule has 1 aliphatic heterocycles. The van der Waals surface area contributed by atoms with Gasteiger partial charge in [-0.05, 0) is 23.3 Å². The average Bonchev–Trinajstić information content (AvgIpc) is 2.69. The maximum Gasteiger partial charge on any atom is 0.224 e. The van der Waals surface area contributed by atoms with Crippen molar-refractivity contribution in [3.05, 3.63) is 65.5 Å². The number of halogens is 1. The predicted molar refractivity (Wildman–Crippen MR) is 101 cm³/mol. The Bertz CT molecular complexity index is 748. The molecule has 5 nitrogen and oxygen atoms in total. The molecule has 1 amide bonds. The molecule has 0 saturated carbocycles. The molecule has 0 aromatic heterocycles. The van der Waals surface area contributed by atoms with Crippen molar-refractivity contribution >= 4 is 5.91 Å². The van der Waals surface area contributed by atoms with Crippen molar-refractivity contribution < 1.29 is 18.7 Å². The van der Waals surface area contributed by atoms with Gasteiger partial charge in [0.1, 0.15) is 0 Å². The fourth-order valence-electron chi connectivity index (χ4n) is 3.21. The highest BCUT2D eigenvalue weighted by atomic mass is 19.1. The highest BCUT2D eigenvalue weighted by molar-refractivity contribution is 5.79. The molecule has 1 heterocycles. The summed E-state index contributed by atoms with van der Waals surface area (Å²) in [4.78, 5) is 14.9. The summed E-state index contributed by atoms with van der Waals surface area (Å²) in [5, 5.41) is 3.10. The number of rotatable bonds is 7. The normalized spacial score (nSPS) is 15.9. The lowest BCUT2D eigenvalue weighted by Gasteiger charge is -2.31. The molecule has 0 radical (unpaired) electrons. The van der Waals surface area contributed by atoms with Gasteiger partial charge in [0, 0.05) is 19.6 Å². The third kappa shape index (κ3) is 5.52. The van der Waals surface area contributed by atoms with E-state index in [4.69, 9.17) is 9.47 Å². The topological polar surface area (TPSA) is 50.8 Å². The summed E-state index contributed by atoms with van der Waals surface area (Å²) in [5.41, 5.74) is 1.67. The quantitative estimate of drug-likeness (QED) is 0.812. The molecule has 0 aliphatic carbocycles. The molecule has 1 aliphatic rings. The van der Waals surface area contributed by atoms with Crippen LogP contribution in [0.5, 0.6) is 5.75 Å². The van der Waals surface area contributed by atoms with Crippen LogP contribution in [0.4, 0.5) is 4.39 Å². The number of morpholine rings is 1. The van der Waals surface area contributed by atoms with E-state index < -0.39 is 5.82 Å². The average molecular weight is 372 g/mol. The third-order valence-electron chi connectivity index (χ3n) is 4.66. The highest BCUT2D eigenvalue weighted by Gasteiger charge is 2.20. The fraction of sp³-hybridized carbons (Fsp3) is 0.381. The molecule has 1 fully saturated rings. The zero-order chi connectivity index (χ0) is 19.1. The number of hydrogen-bond donors (Lipinski definition) is 1. The zero-order valence-corrected chi connectivity index (χ0v) is 15.5. The first-order valence-corrected chi connectivity index (χ1v) is 9.12. The molecule has 3 rings (SSSR count). The van der Waals surface area contributed by atoms with E-state index in [1.807, 2.05) is 30.3 Å². The third-order valence-corrected chi connectivity index (χ3v) is 4.66. The van der Waals surface area contributed by atoms with E-state index >= 15 is 0 Å². The molecule has 2 aromatic carbocycles. The van der Waals surface area contributed by atoms with Crippen molar-refractivity contribution in [2.24, 2.45) is 0 Å². The number of methoxy groups -OCH3 is 1. The van der Waals surface area contributed by atoms with Crippen LogP contribution in [0.3, 0.4) is 0 Å². The van der Waals surface area contributed by atoms with Crippen molar-refractivity contribution in [2.45, 2.75) is 12.5 Å². The van der Waals surface area contributed by atoms with Gasteiger partial charge in [-0.25, -0.2) is 4.39 Å². The SMILES string of the molecule is COc1ccc(CC(=O)N[C@H](CN2CCOCC2)c2ccccc2)cc1F. The van der Waals surface area contributed by atoms with Gasteiger partial charge in [-0.3, -0.25) is 9.69 Å². The Kier molecular flexibility index (Phi) is 6.79. The van der Waals surface area contributed by atoms with Gasteiger partial charge in [-0.1, -0.05) is 36.4 Å². The summed E-state index contributed by atoms with van der Waals surface area (Å²) in [6.45, 7) is 3.84. The molecule has 0 bridgehead atoms. The van der Waals surface area contributed by atoms with Gasteiger partial charge in [0.2, 0.25) is 5.91 Å². The molecular formula is C21H25FN2O3. The van der Waals surface area contributed by atoms with Crippen LogP contribution in [0.2, 0.25) is 0 Å². The molecule has 6 heteroatoms. The first-order valence-electron chi connectivity index (χ1n) is 9.12. The van der Waals surface area contributed by atoms with Crippen LogP contribution >= 0.6 is 0 Å². The van der Waals surface area contributed by atoms with Crippen LogP contribution in [-0.2, 0) is 16.0 Å². The van der Waals surface area contributed by atoms with E-state index in [1.54, 1.807) is 12.1 Å². The van der Waals surface area contributed by atoms with E-state index in [0.29, 0.717) is 18.8 Å². The Balaban J connectivity index is 1.67. The fourth-order valence-corrected chi connectivity index (χ4v) is 3.21. The molecule has 27 heavy (non-hydrogen) atoms. The van der Waals surface area contributed by atoms with Crippen molar-refractivity contribution in [3.8, 4) is 5.75 Å². The van der Waals surface area contributed by atoms with E-state index in [2.05, 4.69) is 10.2 Å². The van der Waals surface area contributed by atoms with Crippen LogP contribution in [-0.4, -0.2) is 50.8 Å². The number of nitrogens with one attached hydrogen (secondary N) is 1. The maximum absolute atomic E-state index is 13.9. The van der Waals surface area contributed by atoms with Crippen molar-refractivity contribution in [3.63, 3.8) is 0 Å². The standard InChI is InChI=1S/C21H25FN2O3/c1-26-20-8-7-16(13-18(20)22)14-21(25)23-19(17-5-3-2-4-6-17)15-24-9-11-27-12-10-24/h2-8,13,19H,9-12,14-15H2,1H3,(H,23,25)/t19-/m1/s1. The largest absolute Gasteiger partial charge is 0.494 e. The summed E-state index contributed by atoms with van der Waals surface area (Å²) < 4.78 is 24.2. The lowest BCUT2D eigenvalue weighted by Crippen LogP contribution is -2.43.